The zero-order valence-electron chi connectivity index (χ0n) is 17.9. The molecule has 4 nitrogen and oxygen atoms in total. The van der Waals surface area contributed by atoms with Crippen molar-refractivity contribution in [1.29, 1.82) is 0 Å². The van der Waals surface area contributed by atoms with Gasteiger partial charge in [-0.1, -0.05) is 84.5 Å². The van der Waals surface area contributed by atoms with Crippen molar-refractivity contribution in [2.75, 3.05) is 11.9 Å². The van der Waals surface area contributed by atoms with Crippen LogP contribution in [0.4, 0.5) is 5.69 Å². The fourth-order valence-corrected chi connectivity index (χ4v) is 5.06. The molecule has 0 aliphatic carbocycles. The summed E-state index contributed by atoms with van der Waals surface area (Å²) in [4.78, 5) is 27.3. The Kier molecular flexibility index (Phi) is 7.81. The Morgan fingerprint density at radius 3 is 2.55 bits per heavy atom. The molecule has 1 saturated heterocycles. The van der Waals surface area contributed by atoms with E-state index in [4.69, 9.17) is 23.8 Å². The number of rotatable bonds is 8. The molecule has 1 fully saturated rings. The highest BCUT2D eigenvalue weighted by Crippen LogP contribution is 2.33. The Balaban J connectivity index is 1.20. The summed E-state index contributed by atoms with van der Waals surface area (Å²) in [6.07, 6.45) is 4.69. The van der Waals surface area contributed by atoms with Gasteiger partial charge in [0.05, 0.1) is 4.91 Å². The van der Waals surface area contributed by atoms with Gasteiger partial charge < -0.3 is 5.32 Å². The molecule has 1 heterocycles. The number of thiocarbonyl (C=S) groups is 1. The summed E-state index contributed by atoms with van der Waals surface area (Å²) in [6.45, 7) is 0.564. The quantitative estimate of drug-likeness (QED) is 0.210. The van der Waals surface area contributed by atoms with Crippen LogP contribution in [0.25, 0.3) is 16.8 Å². The molecule has 33 heavy (non-hydrogen) atoms. The lowest BCUT2D eigenvalue weighted by Gasteiger charge is -2.14. The molecule has 3 aromatic rings. The maximum Gasteiger partial charge on any atom is 0.266 e. The maximum absolute atomic E-state index is 12.7. The number of thioether (sulfide) groups is 1. The van der Waals surface area contributed by atoms with Gasteiger partial charge in [0.15, 0.2) is 0 Å². The lowest BCUT2D eigenvalue weighted by Crippen LogP contribution is -2.29. The predicted molar refractivity (Wildman–Crippen MR) is 142 cm³/mol. The fraction of sp³-hybridized carbons (Fsp3) is 0.192. The Morgan fingerprint density at radius 2 is 1.76 bits per heavy atom. The summed E-state index contributed by atoms with van der Waals surface area (Å²) in [7, 11) is 0. The molecule has 0 unspecified atom stereocenters. The van der Waals surface area contributed by atoms with E-state index in [1.165, 1.54) is 11.8 Å². The summed E-state index contributed by atoms with van der Waals surface area (Å²) in [6, 6.07) is 21.3. The Morgan fingerprint density at radius 1 is 1.00 bits per heavy atom. The summed E-state index contributed by atoms with van der Waals surface area (Å²) < 4.78 is 0.578. The number of hydrogen-bond acceptors (Lipinski definition) is 4. The number of unbranched alkanes of at least 4 members (excludes halogenated alkanes) is 2. The van der Waals surface area contributed by atoms with Crippen LogP contribution in [0.5, 0.6) is 0 Å². The number of benzene rings is 3. The van der Waals surface area contributed by atoms with E-state index in [9.17, 15) is 9.59 Å². The SMILES string of the molecule is O=C(CCCCCN1C(=O)C(=Cc2ccc(Cl)cc2)SC1=S)Nc1ccc2ccccc2c1. The number of hydrogen-bond donors (Lipinski definition) is 1. The minimum Gasteiger partial charge on any atom is -0.326 e. The highest BCUT2D eigenvalue weighted by Gasteiger charge is 2.31. The van der Waals surface area contributed by atoms with Crippen molar-refractivity contribution in [3.05, 3.63) is 82.2 Å². The molecule has 0 aromatic heterocycles. The van der Waals surface area contributed by atoms with Gasteiger partial charge in [0, 0.05) is 23.7 Å². The van der Waals surface area contributed by atoms with E-state index >= 15 is 0 Å². The molecule has 3 aromatic carbocycles. The van der Waals surface area contributed by atoms with Crippen molar-refractivity contribution in [3.63, 3.8) is 0 Å². The van der Waals surface area contributed by atoms with Gasteiger partial charge in [-0.05, 0) is 59.5 Å². The lowest BCUT2D eigenvalue weighted by molar-refractivity contribution is -0.122. The summed E-state index contributed by atoms with van der Waals surface area (Å²) in [5, 5.41) is 5.88. The molecule has 7 heteroatoms. The minimum absolute atomic E-state index is 0.00166. The molecule has 1 aliphatic rings. The first-order valence-corrected chi connectivity index (χ1v) is 12.4. The normalized spacial score (nSPS) is 14.9. The second-order valence-corrected chi connectivity index (χ2v) is 9.92. The van der Waals surface area contributed by atoms with E-state index in [-0.39, 0.29) is 11.8 Å². The lowest BCUT2D eigenvalue weighted by atomic mass is 10.1. The number of amides is 2. The van der Waals surface area contributed by atoms with Crippen LogP contribution in [0, 0.1) is 0 Å². The van der Waals surface area contributed by atoms with Crippen LogP contribution >= 0.6 is 35.6 Å². The van der Waals surface area contributed by atoms with Gasteiger partial charge in [-0.2, -0.15) is 0 Å². The van der Waals surface area contributed by atoms with E-state index < -0.39 is 0 Å². The molecule has 1 N–H and O–H groups in total. The van der Waals surface area contributed by atoms with Crippen molar-refractivity contribution >= 4 is 74.3 Å². The number of halogens is 1. The average Bonchev–Trinajstić information content (AvgIpc) is 3.07. The van der Waals surface area contributed by atoms with Crippen LogP contribution in [0.3, 0.4) is 0 Å². The number of anilines is 1. The third-order valence-corrected chi connectivity index (χ3v) is 6.99. The minimum atomic E-state index is -0.0611. The second kappa shape index (κ2) is 11.0. The van der Waals surface area contributed by atoms with Gasteiger partial charge in [0.1, 0.15) is 4.32 Å². The van der Waals surface area contributed by atoms with Gasteiger partial charge >= 0.3 is 0 Å². The van der Waals surface area contributed by atoms with Gasteiger partial charge in [-0.15, -0.1) is 0 Å². The molecule has 0 bridgehead atoms. The summed E-state index contributed by atoms with van der Waals surface area (Å²) >= 11 is 12.6. The van der Waals surface area contributed by atoms with Crippen LogP contribution in [0.15, 0.2) is 71.6 Å². The Labute approximate surface area is 208 Å². The smallest absolute Gasteiger partial charge is 0.266 e. The van der Waals surface area contributed by atoms with E-state index in [0.29, 0.717) is 27.2 Å². The van der Waals surface area contributed by atoms with Crippen molar-refractivity contribution in [2.45, 2.75) is 25.7 Å². The zero-order valence-corrected chi connectivity index (χ0v) is 20.3. The largest absolute Gasteiger partial charge is 0.326 e. The van der Waals surface area contributed by atoms with Crippen LogP contribution in [-0.4, -0.2) is 27.6 Å². The van der Waals surface area contributed by atoms with Gasteiger partial charge in [0.2, 0.25) is 5.91 Å². The van der Waals surface area contributed by atoms with Gasteiger partial charge in [-0.3, -0.25) is 14.5 Å². The number of nitrogens with one attached hydrogen (secondary N) is 1. The van der Waals surface area contributed by atoms with E-state index in [2.05, 4.69) is 5.32 Å². The van der Waals surface area contributed by atoms with Gasteiger partial charge in [0.25, 0.3) is 5.91 Å². The van der Waals surface area contributed by atoms with Crippen molar-refractivity contribution in [2.24, 2.45) is 0 Å². The number of fused-ring (bicyclic) bond motifs is 1. The predicted octanol–water partition coefficient (Wildman–Crippen LogP) is 6.89. The molecular formula is C26H23ClN2O2S2. The number of carbonyl (C=O) groups excluding carboxylic acids is 2. The number of nitrogens with zero attached hydrogens (tertiary/aromatic N) is 1. The zero-order chi connectivity index (χ0) is 23.2. The van der Waals surface area contributed by atoms with Crippen LogP contribution in [-0.2, 0) is 9.59 Å². The molecule has 1 aliphatic heterocycles. The summed E-state index contributed by atoms with van der Waals surface area (Å²) in [5.41, 5.74) is 1.72. The van der Waals surface area contributed by atoms with Gasteiger partial charge in [-0.25, -0.2) is 0 Å². The Bertz CT molecular complexity index is 1220. The Hall–Kier alpha value is -2.67. The van der Waals surface area contributed by atoms with Crippen LogP contribution < -0.4 is 5.32 Å². The number of carbonyl (C=O) groups is 2. The first-order chi connectivity index (χ1) is 16.0. The third-order valence-electron chi connectivity index (χ3n) is 5.36. The molecular weight excluding hydrogens is 472 g/mol. The van der Waals surface area contributed by atoms with Crippen molar-refractivity contribution in [1.82, 2.24) is 4.90 Å². The van der Waals surface area contributed by atoms with E-state index in [1.54, 1.807) is 17.0 Å². The third kappa shape index (κ3) is 6.22. The van der Waals surface area contributed by atoms with E-state index in [0.717, 1.165) is 41.3 Å². The highest BCUT2D eigenvalue weighted by molar-refractivity contribution is 8.26. The molecule has 2 amide bonds. The molecule has 0 atom stereocenters. The molecule has 0 spiro atoms. The van der Waals surface area contributed by atoms with Crippen molar-refractivity contribution in [3.8, 4) is 0 Å². The molecule has 0 radical (unpaired) electrons. The molecule has 0 saturated carbocycles. The monoisotopic (exact) mass is 494 g/mol. The standard InChI is InChI=1S/C26H23ClN2O2S2/c27-21-12-9-18(10-13-21)16-23-25(31)29(26(32)33-23)15-5-1-2-8-24(30)28-22-14-11-19-6-3-4-7-20(19)17-22/h3-4,6-7,9-14,16-17H,1-2,5,8,15H2,(H,28,30). The first kappa shape index (κ1) is 23.5. The van der Waals surface area contributed by atoms with Crippen LogP contribution in [0.2, 0.25) is 5.02 Å². The molecule has 4 rings (SSSR count). The van der Waals surface area contributed by atoms with Crippen molar-refractivity contribution < 1.29 is 9.59 Å². The topological polar surface area (TPSA) is 49.4 Å². The average molecular weight is 495 g/mol. The van der Waals surface area contributed by atoms with E-state index in [1.807, 2.05) is 60.7 Å². The maximum atomic E-state index is 12.7. The fourth-order valence-electron chi connectivity index (χ4n) is 3.63. The molecule has 168 valence electrons. The first-order valence-electron chi connectivity index (χ1n) is 10.8. The summed E-state index contributed by atoms with van der Waals surface area (Å²) in [5.74, 6) is -0.0595. The van der Waals surface area contributed by atoms with Crippen LogP contribution in [0.1, 0.15) is 31.2 Å². The second-order valence-electron chi connectivity index (χ2n) is 7.81. The highest BCUT2D eigenvalue weighted by atomic mass is 35.5.